The van der Waals surface area contributed by atoms with E-state index in [0.29, 0.717) is 67.3 Å². The summed E-state index contributed by atoms with van der Waals surface area (Å²) in [6.45, 7) is 4.81. The zero-order valence-electron chi connectivity index (χ0n) is 25.4. The molecule has 2 aromatic rings. The van der Waals surface area contributed by atoms with E-state index >= 15 is 0 Å². The largest absolute Gasteiger partial charge is 0.486 e. The zero-order chi connectivity index (χ0) is 31.1. The molecular formula is C33H42N4O7. The van der Waals surface area contributed by atoms with E-state index in [1.54, 1.807) is 42.5 Å². The van der Waals surface area contributed by atoms with Crippen LogP contribution in [-0.4, -0.2) is 67.5 Å². The van der Waals surface area contributed by atoms with Crippen LogP contribution in [0.4, 0.5) is 11.4 Å². The van der Waals surface area contributed by atoms with Crippen molar-refractivity contribution in [2.24, 2.45) is 10.2 Å². The highest BCUT2D eigenvalue weighted by atomic mass is 16.5. The van der Waals surface area contributed by atoms with E-state index in [2.05, 4.69) is 22.5 Å². The molecule has 0 aromatic heterocycles. The maximum Gasteiger partial charge on any atom is 0.255 e. The number of imide groups is 1. The summed E-state index contributed by atoms with van der Waals surface area (Å²) < 4.78 is 16.7. The molecule has 0 spiro atoms. The smallest absolute Gasteiger partial charge is 0.255 e. The van der Waals surface area contributed by atoms with Gasteiger partial charge in [-0.3, -0.25) is 24.5 Å². The van der Waals surface area contributed by atoms with Gasteiger partial charge in [0.15, 0.2) is 5.78 Å². The molecule has 1 atom stereocenters. The van der Waals surface area contributed by atoms with Crippen LogP contribution in [0.3, 0.4) is 0 Å². The average molecular weight is 607 g/mol. The standard InChI is InChI=1S/C33H42N4O7/c1-2-3-4-5-6-18-42-20-21-43-19-8-9-25(38)23-44-26-14-12-24(13-15-26)35-36-29-11-7-10-27-28(29)22-37(33(27)41)30-16-17-31(39)34-32(30)40/h7,10-15,30H,2-6,8-9,16-23H2,1H3,(H,34,39,40). The van der Waals surface area contributed by atoms with Gasteiger partial charge in [0.2, 0.25) is 11.8 Å². The number of amides is 3. The van der Waals surface area contributed by atoms with Crippen LogP contribution in [0.15, 0.2) is 52.7 Å². The summed E-state index contributed by atoms with van der Waals surface area (Å²) in [5.74, 6) is -0.493. The summed E-state index contributed by atoms with van der Waals surface area (Å²) in [6.07, 6.45) is 7.61. The highest BCUT2D eigenvalue weighted by molar-refractivity contribution is 6.06. The number of nitrogens with zero attached hydrogens (tertiary/aromatic N) is 3. The van der Waals surface area contributed by atoms with Crippen molar-refractivity contribution in [1.29, 1.82) is 0 Å². The zero-order valence-corrected chi connectivity index (χ0v) is 25.4. The lowest BCUT2D eigenvalue weighted by Gasteiger charge is -2.29. The van der Waals surface area contributed by atoms with Crippen molar-refractivity contribution in [2.75, 3.05) is 33.0 Å². The summed E-state index contributed by atoms with van der Waals surface area (Å²) >= 11 is 0. The Morgan fingerprint density at radius 3 is 2.41 bits per heavy atom. The number of fused-ring (bicyclic) bond motifs is 1. The number of Topliss-reactive ketones (excluding diaryl/α,β-unsaturated/α-hetero) is 1. The molecule has 2 heterocycles. The Labute approximate surface area is 258 Å². The number of azo groups is 1. The SMILES string of the molecule is CCCCCCCOCCOCCCC(=O)COc1ccc(N=Nc2cccc3c2CN(C2CCC(=O)NC2=O)C3=O)cc1. The van der Waals surface area contributed by atoms with Gasteiger partial charge in [0.05, 0.1) is 24.6 Å². The molecule has 1 saturated heterocycles. The van der Waals surface area contributed by atoms with Crippen molar-refractivity contribution in [3.63, 3.8) is 0 Å². The average Bonchev–Trinajstić information content (AvgIpc) is 3.36. The van der Waals surface area contributed by atoms with Crippen LogP contribution in [0.5, 0.6) is 5.75 Å². The molecule has 4 rings (SSSR count). The van der Waals surface area contributed by atoms with Gasteiger partial charge in [-0.2, -0.15) is 10.2 Å². The number of ether oxygens (including phenoxy) is 3. The molecule has 236 valence electrons. The number of hydrogen-bond donors (Lipinski definition) is 1. The molecular weight excluding hydrogens is 564 g/mol. The van der Waals surface area contributed by atoms with Gasteiger partial charge in [-0.05, 0) is 55.7 Å². The van der Waals surface area contributed by atoms with Gasteiger partial charge in [-0.1, -0.05) is 38.7 Å². The number of unbranched alkanes of at least 4 members (excludes halogenated alkanes) is 4. The van der Waals surface area contributed by atoms with Crippen LogP contribution < -0.4 is 10.1 Å². The van der Waals surface area contributed by atoms with Crippen LogP contribution in [0.25, 0.3) is 0 Å². The Kier molecular flexibility index (Phi) is 13.0. The van der Waals surface area contributed by atoms with Crippen LogP contribution in [0.1, 0.15) is 80.6 Å². The molecule has 1 unspecified atom stereocenters. The molecule has 3 amide bonds. The molecule has 44 heavy (non-hydrogen) atoms. The third kappa shape index (κ3) is 9.78. The Morgan fingerprint density at radius 1 is 0.909 bits per heavy atom. The molecule has 0 aliphatic carbocycles. The molecule has 1 fully saturated rings. The first-order valence-corrected chi connectivity index (χ1v) is 15.5. The second-order valence-electron chi connectivity index (χ2n) is 11.0. The van der Waals surface area contributed by atoms with E-state index in [4.69, 9.17) is 14.2 Å². The fourth-order valence-corrected chi connectivity index (χ4v) is 5.12. The molecule has 1 N–H and O–H groups in total. The van der Waals surface area contributed by atoms with Crippen LogP contribution in [0.2, 0.25) is 0 Å². The van der Waals surface area contributed by atoms with E-state index in [0.717, 1.165) is 13.0 Å². The lowest BCUT2D eigenvalue weighted by atomic mass is 10.0. The molecule has 0 radical (unpaired) electrons. The molecule has 0 saturated carbocycles. The number of piperidine rings is 1. The fourth-order valence-electron chi connectivity index (χ4n) is 5.12. The second kappa shape index (κ2) is 17.4. The summed E-state index contributed by atoms with van der Waals surface area (Å²) in [5, 5.41) is 11.0. The molecule has 11 heteroatoms. The predicted molar refractivity (Wildman–Crippen MR) is 163 cm³/mol. The van der Waals surface area contributed by atoms with E-state index in [1.807, 2.05) is 0 Å². The lowest BCUT2D eigenvalue weighted by Crippen LogP contribution is -2.52. The monoisotopic (exact) mass is 606 g/mol. The fraction of sp³-hybridized carbons (Fsp3) is 0.515. The number of carbonyl (C=O) groups is 4. The van der Waals surface area contributed by atoms with Gasteiger partial charge in [-0.25, -0.2) is 0 Å². The van der Waals surface area contributed by atoms with E-state index in [-0.39, 0.29) is 37.2 Å². The van der Waals surface area contributed by atoms with E-state index in [1.165, 1.54) is 30.6 Å². The van der Waals surface area contributed by atoms with Gasteiger partial charge in [0.25, 0.3) is 5.91 Å². The van der Waals surface area contributed by atoms with Gasteiger partial charge < -0.3 is 19.1 Å². The minimum Gasteiger partial charge on any atom is -0.486 e. The molecule has 11 nitrogen and oxygen atoms in total. The number of benzene rings is 2. The topological polar surface area (TPSA) is 136 Å². The minimum atomic E-state index is -0.690. The molecule has 2 aliphatic heterocycles. The van der Waals surface area contributed by atoms with Gasteiger partial charge in [0.1, 0.15) is 18.4 Å². The van der Waals surface area contributed by atoms with Crippen molar-refractivity contribution < 1.29 is 33.4 Å². The lowest BCUT2D eigenvalue weighted by molar-refractivity contribution is -0.137. The molecule has 2 aliphatic rings. The summed E-state index contributed by atoms with van der Waals surface area (Å²) in [7, 11) is 0. The second-order valence-corrected chi connectivity index (χ2v) is 11.0. The highest BCUT2D eigenvalue weighted by Crippen LogP contribution is 2.34. The normalized spacial score (nSPS) is 16.4. The van der Waals surface area contributed by atoms with Gasteiger partial charge >= 0.3 is 0 Å². The Hall–Kier alpha value is -3.96. The maximum atomic E-state index is 13.0. The summed E-state index contributed by atoms with van der Waals surface area (Å²) in [6, 6.07) is 11.4. The van der Waals surface area contributed by atoms with Gasteiger partial charge in [0, 0.05) is 43.7 Å². The third-order valence-electron chi connectivity index (χ3n) is 7.58. The predicted octanol–water partition coefficient (Wildman–Crippen LogP) is 5.59. The van der Waals surface area contributed by atoms with Gasteiger partial charge in [-0.15, -0.1) is 0 Å². The third-order valence-corrected chi connectivity index (χ3v) is 7.58. The highest BCUT2D eigenvalue weighted by Gasteiger charge is 2.39. The summed E-state index contributed by atoms with van der Waals surface area (Å²) in [4.78, 5) is 50.5. The quantitative estimate of drug-likeness (QED) is 0.125. The van der Waals surface area contributed by atoms with E-state index in [9.17, 15) is 19.2 Å². The number of ketones is 1. The number of rotatable bonds is 19. The number of carbonyl (C=O) groups excluding carboxylic acids is 4. The Morgan fingerprint density at radius 2 is 1.66 bits per heavy atom. The molecule has 2 aromatic carbocycles. The van der Waals surface area contributed by atoms with Crippen LogP contribution in [-0.2, 0) is 30.4 Å². The number of hydrogen-bond acceptors (Lipinski definition) is 9. The van der Waals surface area contributed by atoms with Crippen molar-refractivity contribution in [2.45, 2.75) is 77.3 Å². The van der Waals surface area contributed by atoms with Crippen molar-refractivity contribution in [3.05, 3.63) is 53.6 Å². The summed E-state index contributed by atoms with van der Waals surface area (Å²) in [5.41, 5.74) is 2.27. The number of nitrogens with one attached hydrogen (secondary N) is 1. The first kappa shape index (κ1) is 32.9. The van der Waals surface area contributed by atoms with Crippen LogP contribution in [0, 0.1) is 0 Å². The Bertz CT molecular complexity index is 1310. The van der Waals surface area contributed by atoms with E-state index < -0.39 is 11.9 Å². The minimum absolute atomic E-state index is 0.000440. The van der Waals surface area contributed by atoms with Crippen molar-refractivity contribution in [3.8, 4) is 5.75 Å². The van der Waals surface area contributed by atoms with Crippen molar-refractivity contribution in [1.82, 2.24) is 10.2 Å². The maximum absolute atomic E-state index is 13.0. The van der Waals surface area contributed by atoms with Crippen LogP contribution >= 0.6 is 0 Å². The first-order valence-electron chi connectivity index (χ1n) is 15.5. The van der Waals surface area contributed by atoms with Crippen molar-refractivity contribution >= 4 is 34.9 Å². The molecule has 0 bridgehead atoms. The Balaban J connectivity index is 1.14. The first-order chi connectivity index (χ1) is 21.5.